The van der Waals surface area contributed by atoms with Crippen molar-refractivity contribution in [2.75, 3.05) is 6.54 Å². The van der Waals surface area contributed by atoms with Crippen molar-refractivity contribution in [1.82, 2.24) is 9.47 Å². The van der Waals surface area contributed by atoms with Gasteiger partial charge in [0.1, 0.15) is 0 Å². The Hall–Kier alpha value is -3.28. The predicted molar refractivity (Wildman–Crippen MR) is 111 cm³/mol. The number of rotatable bonds is 7. The van der Waals surface area contributed by atoms with Crippen LogP contribution in [0, 0.1) is 6.92 Å². The summed E-state index contributed by atoms with van der Waals surface area (Å²) in [6.07, 6.45) is -0.910. The van der Waals surface area contributed by atoms with E-state index < -0.39 is 11.7 Å². The van der Waals surface area contributed by atoms with Crippen LogP contribution in [0.1, 0.15) is 32.7 Å². The van der Waals surface area contributed by atoms with E-state index in [0.717, 1.165) is 23.4 Å². The molecule has 0 aliphatic heterocycles. The molecule has 0 atom stereocenters. The molecule has 0 saturated carbocycles. The lowest BCUT2D eigenvalue weighted by Crippen LogP contribution is -2.32. The van der Waals surface area contributed by atoms with Crippen LogP contribution in [0.4, 0.5) is 13.2 Å². The molecule has 1 aromatic heterocycles. The van der Waals surface area contributed by atoms with Crippen LogP contribution >= 0.6 is 0 Å². The van der Waals surface area contributed by atoms with Gasteiger partial charge in [-0.25, -0.2) is 0 Å². The fourth-order valence-electron chi connectivity index (χ4n) is 3.34. The number of alkyl halides is 3. The highest BCUT2D eigenvalue weighted by atomic mass is 19.4. The Morgan fingerprint density at radius 1 is 1.10 bits per heavy atom. The zero-order valence-electron chi connectivity index (χ0n) is 16.7. The zero-order chi connectivity index (χ0) is 21.7. The molecule has 0 bridgehead atoms. The van der Waals surface area contributed by atoms with E-state index in [1.807, 2.05) is 41.8 Å². The van der Waals surface area contributed by atoms with E-state index in [1.165, 1.54) is 6.07 Å². The molecule has 0 radical (unpaired) electrons. The quantitative estimate of drug-likeness (QED) is 0.458. The Labute approximate surface area is 174 Å². The highest BCUT2D eigenvalue weighted by Crippen LogP contribution is 2.29. The third-order valence-electron chi connectivity index (χ3n) is 4.90. The van der Waals surface area contributed by atoms with Crippen LogP contribution in [0.25, 0.3) is 0 Å². The molecule has 156 valence electrons. The largest absolute Gasteiger partial charge is 0.416 e. The summed E-state index contributed by atoms with van der Waals surface area (Å²) in [6.45, 7) is 6.60. The molecule has 3 nitrogen and oxygen atoms in total. The number of amides is 1. The molecule has 6 heteroatoms. The van der Waals surface area contributed by atoms with Crippen LogP contribution < -0.4 is 0 Å². The maximum absolute atomic E-state index is 13.1. The molecule has 0 aliphatic carbocycles. The van der Waals surface area contributed by atoms with Gasteiger partial charge in [0.05, 0.1) is 12.1 Å². The van der Waals surface area contributed by atoms with Crippen molar-refractivity contribution < 1.29 is 18.0 Å². The van der Waals surface area contributed by atoms with Crippen LogP contribution in [-0.2, 0) is 19.3 Å². The van der Waals surface area contributed by atoms with Gasteiger partial charge < -0.3 is 9.47 Å². The third kappa shape index (κ3) is 5.00. The van der Waals surface area contributed by atoms with Gasteiger partial charge in [0.2, 0.25) is 0 Å². The van der Waals surface area contributed by atoms with Crippen molar-refractivity contribution in [3.8, 4) is 0 Å². The van der Waals surface area contributed by atoms with Gasteiger partial charge in [-0.15, -0.1) is 6.58 Å². The summed E-state index contributed by atoms with van der Waals surface area (Å²) in [4.78, 5) is 14.7. The highest BCUT2D eigenvalue weighted by Gasteiger charge is 2.30. The monoisotopic (exact) mass is 412 g/mol. The number of hydrogen-bond acceptors (Lipinski definition) is 1. The first-order valence-electron chi connectivity index (χ1n) is 9.55. The summed E-state index contributed by atoms with van der Waals surface area (Å²) in [6, 6.07) is 16.4. The molecule has 0 unspecified atom stereocenters. The average Bonchev–Trinajstić information content (AvgIpc) is 3.13. The Kier molecular flexibility index (Phi) is 6.45. The lowest BCUT2D eigenvalue weighted by Gasteiger charge is -2.23. The van der Waals surface area contributed by atoms with E-state index in [9.17, 15) is 18.0 Å². The number of halogens is 3. The van der Waals surface area contributed by atoms with Crippen LogP contribution in [0.5, 0.6) is 0 Å². The number of aryl methyl sites for hydroxylation is 1. The number of aromatic nitrogens is 1. The van der Waals surface area contributed by atoms with Gasteiger partial charge >= 0.3 is 6.18 Å². The maximum Gasteiger partial charge on any atom is 0.416 e. The lowest BCUT2D eigenvalue weighted by molar-refractivity contribution is -0.137. The average molecular weight is 412 g/mol. The van der Waals surface area contributed by atoms with Crippen molar-refractivity contribution >= 4 is 5.91 Å². The fourth-order valence-corrected chi connectivity index (χ4v) is 3.34. The first-order chi connectivity index (χ1) is 14.3. The second-order valence-electron chi connectivity index (χ2n) is 7.11. The van der Waals surface area contributed by atoms with Gasteiger partial charge in [-0.2, -0.15) is 13.2 Å². The normalized spacial score (nSPS) is 11.3. The first-order valence-corrected chi connectivity index (χ1v) is 9.55. The summed E-state index contributed by atoms with van der Waals surface area (Å²) in [5.74, 6) is -0.111. The molecule has 2 aromatic carbocycles. The van der Waals surface area contributed by atoms with Crippen molar-refractivity contribution in [2.24, 2.45) is 0 Å². The van der Waals surface area contributed by atoms with Gasteiger partial charge in [-0.1, -0.05) is 36.4 Å². The summed E-state index contributed by atoms with van der Waals surface area (Å²) >= 11 is 0. The van der Waals surface area contributed by atoms with Gasteiger partial charge in [0.15, 0.2) is 0 Å². The molecule has 30 heavy (non-hydrogen) atoms. The highest BCUT2D eigenvalue weighted by molar-refractivity contribution is 5.95. The second kappa shape index (κ2) is 9.03. The number of benzene rings is 2. The van der Waals surface area contributed by atoms with Crippen molar-refractivity contribution in [1.29, 1.82) is 0 Å². The molecule has 3 aromatic rings. The summed E-state index contributed by atoms with van der Waals surface area (Å²) in [5, 5.41) is 0. The molecular weight excluding hydrogens is 389 g/mol. The minimum absolute atomic E-state index is 0.111. The molecule has 1 amide bonds. The van der Waals surface area contributed by atoms with E-state index in [0.29, 0.717) is 24.2 Å². The van der Waals surface area contributed by atoms with Gasteiger partial charge in [-0.05, 0) is 48.4 Å². The Morgan fingerprint density at radius 3 is 2.57 bits per heavy atom. The van der Waals surface area contributed by atoms with Gasteiger partial charge in [0.25, 0.3) is 5.91 Å². The maximum atomic E-state index is 13.1. The second-order valence-corrected chi connectivity index (χ2v) is 7.11. The molecule has 0 spiro atoms. The topological polar surface area (TPSA) is 25.2 Å². The third-order valence-corrected chi connectivity index (χ3v) is 4.90. The van der Waals surface area contributed by atoms with Crippen molar-refractivity contribution in [3.63, 3.8) is 0 Å². The van der Waals surface area contributed by atoms with E-state index in [1.54, 1.807) is 29.3 Å². The van der Waals surface area contributed by atoms with Crippen LogP contribution in [0.3, 0.4) is 0 Å². The molecule has 1 heterocycles. The number of hydrogen-bond donors (Lipinski definition) is 0. The SMILES string of the molecule is C=CCN(Cc1cccn1Cc1cccc(C(F)(F)F)c1)C(=O)c1ccccc1C. The molecule has 0 saturated heterocycles. The van der Waals surface area contributed by atoms with E-state index in [2.05, 4.69) is 6.58 Å². The Morgan fingerprint density at radius 2 is 1.87 bits per heavy atom. The zero-order valence-corrected chi connectivity index (χ0v) is 16.7. The number of carbonyl (C=O) groups is 1. The predicted octanol–water partition coefficient (Wildman–Crippen LogP) is 5.69. The smallest absolute Gasteiger partial charge is 0.345 e. The van der Waals surface area contributed by atoms with Crippen molar-refractivity contribution in [3.05, 3.63) is 107 Å². The number of carbonyl (C=O) groups excluding carboxylic acids is 1. The summed E-state index contributed by atoms with van der Waals surface area (Å²) < 4.78 is 40.9. The van der Waals surface area contributed by atoms with Crippen LogP contribution in [0.15, 0.2) is 79.5 Å². The number of nitrogens with zero attached hydrogens (tertiary/aromatic N) is 2. The fraction of sp³-hybridized carbons (Fsp3) is 0.208. The van der Waals surface area contributed by atoms with Crippen LogP contribution in [-0.4, -0.2) is 21.9 Å². The van der Waals surface area contributed by atoms with E-state index >= 15 is 0 Å². The minimum Gasteiger partial charge on any atom is -0.345 e. The van der Waals surface area contributed by atoms with Crippen LogP contribution in [0.2, 0.25) is 0 Å². The summed E-state index contributed by atoms with van der Waals surface area (Å²) in [7, 11) is 0. The van der Waals surface area contributed by atoms with E-state index in [4.69, 9.17) is 0 Å². The molecular formula is C24H23F3N2O. The Balaban J connectivity index is 1.82. The summed E-state index contributed by atoms with van der Waals surface area (Å²) in [5.41, 5.74) is 2.21. The molecule has 0 N–H and O–H groups in total. The Bertz CT molecular complexity index is 1040. The molecule has 0 fully saturated rings. The van der Waals surface area contributed by atoms with Gasteiger partial charge in [0, 0.05) is 30.5 Å². The first kappa shape index (κ1) is 21.4. The molecule has 0 aliphatic rings. The van der Waals surface area contributed by atoms with Crippen molar-refractivity contribution in [2.45, 2.75) is 26.2 Å². The van der Waals surface area contributed by atoms with E-state index in [-0.39, 0.29) is 12.5 Å². The minimum atomic E-state index is -4.38. The lowest BCUT2D eigenvalue weighted by atomic mass is 10.1. The van der Waals surface area contributed by atoms with Gasteiger partial charge in [-0.3, -0.25) is 4.79 Å². The molecule has 3 rings (SSSR count). The standard InChI is InChI=1S/C24H23F3N2O/c1-3-13-29(23(30)22-12-5-4-8-18(22)2)17-21-11-7-14-28(21)16-19-9-6-10-20(15-19)24(25,26)27/h3-12,14-15H,1,13,16-17H2,2H3.